The van der Waals surface area contributed by atoms with Crippen molar-refractivity contribution >= 4 is 15.9 Å². The van der Waals surface area contributed by atoms with E-state index in [2.05, 4.69) is 9.88 Å². The zero-order valence-corrected chi connectivity index (χ0v) is 12.7. The first-order valence-electron chi connectivity index (χ1n) is 6.57. The molecule has 1 N–H and O–H groups in total. The van der Waals surface area contributed by atoms with Crippen LogP contribution in [0, 0.1) is 13.8 Å². The number of hydrogen-bond acceptors (Lipinski definition) is 5. The van der Waals surface area contributed by atoms with Crippen molar-refractivity contribution in [2.24, 2.45) is 0 Å². The van der Waals surface area contributed by atoms with Crippen molar-refractivity contribution in [1.82, 2.24) is 14.8 Å². The molecule has 0 saturated carbocycles. The highest BCUT2D eigenvalue weighted by Gasteiger charge is 2.30. The average Bonchev–Trinajstić information content (AvgIpc) is 2.97. The average molecular weight is 301 g/mol. The molecule has 1 saturated heterocycles. The number of carbonyl (C=O) groups excluding carboxylic acids is 1. The van der Waals surface area contributed by atoms with Gasteiger partial charge in [0.2, 0.25) is 15.9 Å². The smallest absolute Gasteiger partial charge is 0.246 e. The molecule has 20 heavy (non-hydrogen) atoms. The maximum Gasteiger partial charge on any atom is 0.246 e. The molecule has 2 heterocycles. The van der Waals surface area contributed by atoms with Crippen LogP contribution in [-0.4, -0.2) is 43.5 Å². The van der Waals surface area contributed by atoms with Gasteiger partial charge in [0.15, 0.2) is 5.76 Å². The molecule has 0 bridgehead atoms. The molecule has 1 aromatic rings. The molecule has 1 aliphatic rings. The zero-order valence-electron chi connectivity index (χ0n) is 11.8. The van der Waals surface area contributed by atoms with E-state index in [0.29, 0.717) is 13.1 Å². The number of likely N-dealkylation sites (tertiary alicyclic amines) is 1. The summed E-state index contributed by atoms with van der Waals surface area (Å²) in [6, 6.07) is -0.799. The molecular formula is C12H19N3O4S. The summed E-state index contributed by atoms with van der Waals surface area (Å²) in [6.07, 6.45) is 1.93. The molecule has 0 spiro atoms. The lowest BCUT2D eigenvalue weighted by atomic mass is 10.3. The summed E-state index contributed by atoms with van der Waals surface area (Å²) < 4.78 is 31.8. The van der Waals surface area contributed by atoms with Crippen molar-refractivity contribution in [3.8, 4) is 0 Å². The molecule has 1 fully saturated rings. The van der Waals surface area contributed by atoms with E-state index in [1.807, 2.05) is 0 Å². The SMILES string of the molecule is Cc1noc(C)c1S(=O)(=O)N[C@@H](C)C(=O)N1CCCC1. The molecule has 1 amide bonds. The summed E-state index contributed by atoms with van der Waals surface area (Å²) in [5.41, 5.74) is 0.288. The zero-order chi connectivity index (χ0) is 14.9. The van der Waals surface area contributed by atoms with Crippen LogP contribution in [0.1, 0.15) is 31.2 Å². The van der Waals surface area contributed by atoms with Crippen LogP contribution >= 0.6 is 0 Å². The lowest BCUT2D eigenvalue weighted by Crippen LogP contribution is -2.46. The Morgan fingerprint density at radius 2 is 1.95 bits per heavy atom. The number of rotatable bonds is 4. The van der Waals surface area contributed by atoms with E-state index in [9.17, 15) is 13.2 Å². The predicted octanol–water partition coefficient (Wildman–Crippen LogP) is 0.581. The maximum absolute atomic E-state index is 12.3. The van der Waals surface area contributed by atoms with Gasteiger partial charge < -0.3 is 9.42 Å². The first-order valence-corrected chi connectivity index (χ1v) is 8.05. The first kappa shape index (κ1) is 15.0. The summed E-state index contributed by atoms with van der Waals surface area (Å²) in [5, 5.41) is 3.62. The van der Waals surface area contributed by atoms with Crippen LogP contribution in [0.3, 0.4) is 0 Å². The van der Waals surface area contributed by atoms with E-state index in [0.717, 1.165) is 12.8 Å². The topological polar surface area (TPSA) is 92.5 Å². The molecule has 1 aliphatic heterocycles. The highest BCUT2D eigenvalue weighted by molar-refractivity contribution is 7.89. The van der Waals surface area contributed by atoms with Crippen LogP contribution in [0.5, 0.6) is 0 Å². The van der Waals surface area contributed by atoms with E-state index in [4.69, 9.17) is 4.52 Å². The standard InChI is InChI=1S/C12H19N3O4S/c1-8-11(10(3)19-13-8)20(17,18)14-9(2)12(16)15-6-4-5-7-15/h9,14H,4-7H2,1-3H3/t9-/m0/s1. The minimum absolute atomic E-state index is 0.0126. The number of amides is 1. The van der Waals surface area contributed by atoms with E-state index in [1.165, 1.54) is 6.92 Å². The fourth-order valence-corrected chi connectivity index (χ4v) is 3.94. The Hall–Kier alpha value is -1.41. The quantitative estimate of drug-likeness (QED) is 0.878. The summed E-state index contributed by atoms with van der Waals surface area (Å²) in [5.74, 6) is 0.0219. The van der Waals surface area contributed by atoms with Crippen molar-refractivity contribution in [3.63, 3.8) is 0 Å². The molecule has 1 aromatic heterocycles. The Labute approximate surface area is 118 Å². The minimum Gasteiger partial charge on any atom is -0.360 e. The molecule has 0 unspecified atom stereocenters. The van der Waals surface area contributed by atoms with Gasteiger partial charge in [-0.2, -0.15) is 4.72 Å². The Morgan fingerprint density at radius 1 is 1.35 bits per heavy atom. The van der Waals surface area contributed by atoms with Crippen LogP contribution in [0.25, 0.3) is 0 Å². The maximum atomic E-state index is 12.3. The third kappa shape index (κ3) is 2.85. The van der Waals surface area contributed by atoms with Gasteiger partial charge in [-0.1, -0.05) is 5.16 Å². The van der Waals surface area contributed by atoms with E-state index in [-0.39, 0.29) is 22.3 Å². The van der Waals surface area contributed by atoms with Gasteiger partial charge in [-0.3, -0.25) is 4.79 Å². The molecule has 1 atom stereocenters. The monoisotopic (exact) mass is 301 g/mol. The van der Waals surface area contributed by atoms with Gasteiger partial charge in [-0.25, -0.2) is 8.42 Å². The molecule has 0 radical (unpaired) electrons. The van der Waals surface area contributed by atoms with Crippen LogP contribution in [0.2, 0.25) is 0 Å². The number of sulfonamides is 1. The van der Waals surface area contributed by atoms with Crippen molar-refractivity contribution in [2.75, 3.05) is 13.1 Å². The molecule has 2 rings (SSSR count). The van der Waals surface area contributed by atoms with Crippen molar-refractivity contribution in [2.45, 2.75) is 44.6 Å². The van der Waals surface area contributed by atoms with Gasteiger partial charge in [0, 0.05) is 13.1 Å². The molecule has 0 aromatic carbocycles. The van der Waals surface area contributed by atoms with Gasteiger partial charge in [-0.05, 0) is 33.6 Å². The summed E-state index contributed by atoms with van der Waals surface area (Å²) in [6.45, 7) is 6.02. The number of hydrogen-bond donors (Lipinski definition) is 1. The van der Waals surface area contributed by atoms with Crippen molar-refractivity contribution in [3.05, 3.63) is 11.5 Å². The molecule has 0 aliphatic carbocycles. The summed E-state index contributed by atoms with van der Waals surface area (Å²) >= 11 is 0. The predicted molar refractivity (Wildman–Crippen MR) is 71.6 cm³/mol. The van der Waals surface area contributed by atoms with E-state index in [1.54, 1.807) is 18.7 Å². The van der Waals surface area contributed by atoms with Crippen molar-refractivity contribution < 1.29 is 17.7 Å². The second-order valence-electron chi connectivity index (χ2n) is 5.03. The number of aromatic nitrogens is 1. The fourth-order valence-electron chi connectivity index (χ4n) is 2.41. The molecule has 112 valence electrons. The van der Waals surface area contributed by atoms with Gasteiger partial charge in [0.1, 0.15) is 10.6 Å². The summed E-state index contributed by atoms with van der Waals surface area (Å²) in [4.78, 5) is 13.8. The lowest BCUT2D eigenvalue weighted by molar-refractivity contribution is -0.131. The van der Waals surface area contributed by atoms with Gasteiger partial charge in [0.05, 0.1) is 6.04 Å². The fraction of sp³-hybridized carbons (Fsp3) is 0.667. The molecule has 8 heteroatoms. The lowest BCUT2D eigenvalue weighted by Gasteiger charge is -2.20. The highest BCUT2D eigenvalue weighted by Crippen LogP contribution is 2.19. The van der Waals surface area contributed by atoms with Gasteiger partial charge >= 0.3 is 0 Å². The van der Waals surface area contributed by atoms with Crippen LogP contribution in [0.4, 0.5) is 0 Å². The Balaban J connectivity index is 2.14. The number of nitrogens with one attached hydrogen (secondary N) is 1. The normalized spacial score (nSPS) is 17.4. The Morgan fingerprint density at radius 3 is 2.45 bits per heavy atom. The second-order valence-corrected chi connectivity index (χ2v) is 6.68. The molecule has 7 nitrogen and oxygen atoms in total. The summed E-state index contributed by atoms with van der Waals surface area (Å²) in [7, 11) is -3.81. The van der Waals surface area contributed by atoms with Gasteiger partial charge in [0.25, 0.3) is 0 Å². The second kappa shape index (κ2) is 5.53. The largest absolute Gasteiger partial charge is 0.360 e. The van der Waals surface area contributed by atoms with Crippen LogP contribution < -0.4 is 4.72 Å². The number of aryl methyl sites for hydroxylation is 2. The third-order valence-electron chi connectivity index (χ3n) is 3.36. The highest BCUT2D eigenvalue weighted by atomic mass is 32.2. The molecular weight excluding hydrogens is 282 g/mol. The number of carbonyl (C=O) groups is 1. The number of nitrogens with zero attached hydrogens (tertiary/aromatic N) is 2. The van der Waals surface area contributed by atoms with Crippen LogP contribution in [0.15, 0.2) is 9.42 Å². The Bertz CT molecular complexity index is 583. The van der Waals surface area contributed by atoms with Crippen LogP contribution in [-0.2, 0) is 14.8 Å². The van der Waals surface area contributed by atoms with Gasteiger partial charge in [-0.15, -0.1) is 0 Å². The third-order valence-corrected chi connectivity index (χ3v) is 5.14. The minimum atomic E-state index is -3.81. The van der Waals surface area contributed by atoms with E-state index < -0.39 is 16.1 Å². The Kier molecular flexibility index (Phi) is 4.14. The van der Waals surface area contributed by atoms with E-state index >= 15 is 0 Å². The first-order chi connectivity index (χ1) is 9.33. The van der Waals surface area contributed by atoms with Crippen molar-refractivity contribution in [1.29, 1.82) is 0 Å².